The van der Waals surface area contributed by atoms with Crippen LogP contribution in [-0.4, -0.2) is 59.0 Å². The van der Waals surface area contributed by atoms with E-state index in [-0.39, 0.29) is 12.5 Å². The highest BCUT2D eigenvalue weighted by Gasteiger charge is 2.45. The minimum atomic E-state index is -0.757. The number of rotatable bonds is 5. The van der Waals surface area contributed by atoms with Gasteiger partial charge in [-0.15, -0.1) is 0 Å². The van der Waals surface area contributed by atoms with Crippen molar-refractivity contribution in [3.63, 3.8) is 0 Å². The van der Waals surface area contributed by atoms with Gasteiger partial charge in [-0.05, 0) is 43.9 Å². The molecule has 136 valence electrons. The number of carboxylic acids is 1. The van der Waals surface area contributed by atoms with Gasteiger partial charge in [0.05, 0.1) is 6.54 Å². The number of aliphatic carboxylic acids is 1. The summed E-state index contributed by atoms with van der Waals surface area (Å²) in [4.78, 5) is 28.2. The molecule has 0 aromatic rings. The van der Waals surface area contributed by atoms with Crippen LogP contribution in [0.2, 0.25) is 0 Å². The van der Waals surface area contributed by atoms with Crippen molar-refractivity contribution in [3.8, 4) is 0 Å². The Kier molecular flexibility index (Phi) is 5.80. The molecule has 1 saturated heterocycles. The Bertz CT molecular complexity index is 462. The number of nitrogens with zero attached hydrogens (tertiary/aromatic N) is 2. The van der Waals surface area contributed by atoms with Gasteiger partial charge in [-0.25, -0.2) is 0 Å². The Hall–Kier alpha value is -1.10. The third-order valence-corrected chi connectivity index (χ3v) is 6.51. The first-order valence-electron chi connectivity index (χ1n) is 9.78. The summed E-state index contributed by atoms with van der Waals surface area (Å²) >= 11 is 0. The molecule has 2 aliphatic carbocycles. The maximum absolute atomic E-state index is 12.7. The smallest absolute Gasteiger partial charge is 0.320 e. The molecule has 0 bridgehead atoms. The van der Waals surface area contributed by atoms with E-state index >= 15 is 0 Å². The molecular formula is C19H32N2O3. The number of carboxylic acid groups (broad SMARTS) is 1. The number of carbonyl (C=O) groups excluding carboxylic acids is 1. The minimum Gasteiger partial charge on any atom is -0.480 e. The molecule has 5 heteroatoms. The fourth-order valence-electron chi connectivity index (χ4n) is 5.16. The highest BCUT2D eigenvalue weighted by atomic mass is 16.4. The molecule has 1 amide bonds. The number of hydrogen-bond donors (Lipinski definition) is 1. The molecule has 1 heterocycles. The molecule has 1 N–H and O–H groups in total. The first-order valence-corrected chi connectivity index (χ1v) is 9.78. The van der Waals surface area contributed by atoms with Gasteiger partial charge in [-0.2, -0.15) is 0 Å². The lowest BCUT2D eigenvalue weighted by Gasteiger charge is -2.34. The van der Waals surface area contributed by atoms with Crippen LogP contribution in [0.15, 0.2) is 0 Å². The van der Waals surface area contributed by atoms with E-state index in [1.165, 1.54) is 38.5 Å². The van der Waals surface area contributed by atoms with E-state index in [0.29, 0.717) is 17.9 Å². The Morgan fingerprint density at radius 2 is 1.71 bits per heavy atom. The highest BCUT2D eigenvalue weighted by Crippen LogP contribution is 2.39. The monoisotopic (exact) mass is 336 g/mol. The summed E-state index contributed by atoms with van der Waals surface area (Å²) in [5.41, 5.74) is 0. The molecular weight excluding hydrogens is 304 g/mol. The largest absolute Gasteiger partial charge is 0.480 e. The molecule has 3 fully saturated rings. The lowest BCUT2D eigenvalue weighted by atomic mass is 9.85. The number of amides is 1. The first-order chi connectivity index (χ1) is 11.6. The predicted octanol–water partition coefficient (Wildman–Crippen LogP) is 2.74. The van der Waals surface area contributed by atoms with E-state index in [0.717, 1.165) is 32.2 Å². The van der Waals surface area contributed by atoms with Crippen molar-refractivity contribution in [1.82, 2.24) is 9.80 Å². The Morgan fingerprint density at radius 3 is 2.42 bits per heavy atom. The highest BCUT2D eigenvalue weighted by molar-refractivity contribution is 5.80. The number of hydrogen-bond acceptors (Lipinski definition) is 3. The number of fused-ring (bicyclic) bond motifs is 1. The quantitative estimate of drug-likeness (QED) is 0.838. The summed E-state index contributed by atoms with van der Waals surface area (Å²) < 4.78 is 0. The molecule has 3 aliphatic rings. The summed E-state index contributed by atoms with van der Waals surface area (Å²) in [6.45, 7) is 1.11. The van der Waals surface area contributed by atoms with Crippen LogP contribution in [0.25, 0.3) is 0 Å². The fraction of sp³-hybridized carbons (Fsp3) is 0.895. The number of likely N-dealkylation sites (N-methyl/N-ethyl adjacent to an activating group) is 1. The standard InChI is InChI=1S/C19H32N2O3/c1-20(12-14-7-3-2-4-8-14)18(22)13-21-16-10-6-5-9-15(16)11-17(21)19(23)24/h14-17H,2-13H2,1H3,(H,23,24). The normalized spacial score (nSPS) is 31.6. The van der Waals surface area contributed by atoms with Crippen LogP contribution in [0.3, 0.4) is 0 Å². The van der Waals surface area contributed by atoms with Gasteiger partial charge in [0.1, 0.15) is 6.04 Å². The molecule has 0 aromatic carbocycles. The van der Waals surface area contributed by atoms with Crippen LogP contribution in [0, 0.1) is 11.8 Å². The topological polar surface area (TPSA) is 60.9 Å². The van der Waals surface area contributed by atoms with Crippen molar-refractivity contribution in [2.75, 3.05) is 20.1 Å². The molecule has 0 aromatic heterocycles. The van der Waals surface area contributed by atoms with Crippen molar-refractivity contribution in [3.05, 3.63) is 0 Å². The third kappa shape index (κ3) is 3.93. The lowest BCUT2D eigenvalue weighted by molar-refractivity contribution is -0.144. The van der Waals surface area contributed by atoms with Crippen LogP contribution >= 0.6 is 0 Å². The third-order valence-electron chi connectivity index (χ3n) is 6.51. The number of likely N-dealkylation sites (tertiary alicyclic amines) is 1. The van der Waals surface area contributed by atoms with Gasteiger partial charge in [0.25, 0.3) is 0 Å². The van der Waals surface area contributed by atoms with Crippen molar-refractivity contribution in [2.45, 2.75) is 76.3 Å². The molecule has 2 saturated carbocycles. The van der Waals surface area contributed by atoms with Crippen LogP contribution in [0.5, 0.6) is 0 Å². The van der Waals surface area contributed by atoms with Crippen LogP contribution in [0.1, 0.15) is 64.2 Å². The summed E-state index contributed by atoms with van der Waals surface area (Å²) in [6, 6.07) is -0.169. The molecule has 24 heavy (non-hydrogen) atoms. The van der Waals surface area contributed by atoms with Crippen molar-refractivity contribution < 1.29 is 14.7 Å². The van der Waals surface area contributed by atoms with Gasteiger partial charge in [0.2, 0.25) is 5.91 Å². The molecule has 3 rings (SSSR count). The summed E-state index contributed by atoms with van der Waals surface area (Å²) in [6.07, 6.45) is 11.6. The van der Waals surface area contributed by atoms with Gasteiger partial charge < -0.3 is 10.0 Å². The van der Waals surface area contributed by atoms with Gasteiger partial charge in [0.15, 0.2) is 0 Å². The Morgan fingerprint density at radius 1 is 1.04 bits per heavy atom. The van der Waals surface area contributed by atoms with Crippen LogP contribution in [-0.2, 0) is 9.59 Å². The SMILES string of the molecule is CN(CC1CCCCC1)C(=O)CN1C(C(=O)O)CC2CCCCC21. The predicted molar refractivity (Wildman–Crippen MR) is 92.7 cm³/mol. The zero-order chi connectivity index (χ0) is 17.1. The maximum Gasteiger partial charge on any atom is 0.320 e. The Balaban J connectivity index is 1.59. The van der Waals surface area contributed by atoms with E-state index in [4.69, 9.17) is 0 Å². The van der Waals surface area contributed by atoms with E-state index in [1.807, 2.05) is 16.8 Å². The molecule has 3 atom stereocenters. The van der Waals surface area contributed by atoms with E-state index in [2.05, 4.69) is 0 Å². The van der Waals surface area contributed by atoms with Gasteiger partial charge in [-0.1, -0.05) is 32.1 Å². The van der Waals surface area contributed by atoms with E-state index < -0.39 is 12.0 Å². The van der Waals surface area contributed by atoms with Crippen molar-refractivity contribution in [1.29, 1.82) is 0 Å². The fourth-order valence-corrected chi connectivity index (χ4v) is 5.16. The maximum atomic E-state index is 12.7. The molecule has 0 spiro atoms. The second kappa shape index (κ2) is 7.85. The summed E-state index contributed by atoms with van der Waals surface area (Å²) in [5.74, 6) is 0.436. The number of carbonyl (C=O) groups is 2. The molecule has 5 nitrogen and oxygen atoms in total. The second-order valence-corrected chi connectivity index (χ2v) is 8.15. The lowest BCUT2D eigenvalue weighted by Crippen LogP contribution is -2.48. The summed E-state index contributed by atoms with van der Waals surface area (Å²) in [5, 5.41) is 9.58. The van der Waals surface area contributed by atoms with Gasteiger partial charge in [-0.3, -0.25) is 14.5 Å². The average Bonchev–Trinajstić information content (AvgIpc) is 2.95. The molecule has 0 radical (unpaired) electrons. The van der Waals surface area contributed by atoms with Crippen molar-refractivity contribution in [2.24, 2.45) is 11.8 Å². The summed E-state index contributed by atoms with van der Waals surface area (Å²) in [7, 11) is 1.89. The van der Waals surface area contributed by atoms with E-state index in [9.17, 15) is 14.7 Å². The second-order valence-electron chi connectivity index (χ2n) is 8.15. The van der Waals surface area contributed by atoms with E-state index in [1.54, 1.807) is 0 Å². The van der Waals surface area contributed by atoms with Crippen LogP contribution < -0.4 is 0 Å². The minimum absolute atomic E-state index is 0.0954. The van der Waals surface area contributed by atoms with Crippen molar-refractivity contribution >= 4 is 11.9 Å². The van der Waals surface area contributed by atoms with Gasteiger partial charge >= 0.3 is 5.97 Å². The zero-order valence-electron chi connectivity index (χ0n) is 15.0. The molecule has 1 aliphatic heterocycles. The van der Waals surface area contributed by atoms with Gasteiger partial charge in [0, 0.05) is 19.6 Å². The average molecular weight is 336 g/mol. The van der Waals surface area contributed by atoms with Crippen LogP contribution in [0.4, 0.5) is 0 Å². The molecule has 3 unspecified atom stereocenters. The Labute approximate surface area is 145 Å². The zero-order valence-corrected chi connectivity index (χ0v) is 15.0. The first kappa shape index (κ1) is 17.7.